The van der Waals surface area contributed by atoms with Gasteiger partial charge in [0, 0.05) is 6.04 Å². The topological polar surface area (TPSA) is 72.2 Å². The maximum Gasteiger partial charge on any atom is 0.243 e. The zero-order chi connectivity index (χ0) is 14.8. The van der Waals surface area contributed by atoms with Crippen molar-refractivity contribution in [2.75, 3.05) is 5.73 Å². The van der Waals surface area contributed by atoms with Gasteiger partial charge < -0.3 is 5.73 Å². The molecule has 1 unspecified atom stereocenters. The van der Waals surface area contributed by atoms with Crippen molar-refractivity contribution in [2.24, 2.45) is 5.92 Å². The Balaban J connectivity index is 3.11. The fraction of sp³-hybridized carbons (Fsp3) is 0.571. The first-order valence-corrected chi connectivity index (χ1v) is 8.01. The molecular weight excluding hydrogens is 260 g/mol. The van der Waals surface area contributed by atoms with Crippen molar-refractivity contribution < 1.29 is 8.42 Å². The van der Waals surface area contributed by atoms with Crippen LogP contribution in [0.3, 0.4) is 0 Å². The van der Waals surface area contributed by atoms with Crippen LogP contribution in [0.4, 0.5) is 5.69 Å². The number of nitrogens with one attached hydrogen (secondary N) is 1. The van der Waals surface area contributed by atoms with E-state index in [1.54, 1.807) is 13.0 Å². The van der Waals surface area contributed by atoms with Gasteiger partial charge in [-0.3, -0.25) is 0 Å². The Labute approximate surface area is 116 Å². The summed E-state index contributed by atoms with van der Waals surface area (Å²) in [5.41, 5.74) is 7.77. The predicted molar refractivity (Wildman–Crippen MR) is 79.6 cm³/mol. The van der Waals surface area contributed by atoms with E-state index in [2.05, 4.69) is 18.6 Å². The number of rotatable bonds is 5. The number of nitrogen functional groups attached to an aromatic ring is 1. The summed E-state index contributed by atoms with van der Waals surface area (Å²) in [6, 6.07) is 3.37. The van der Waals surface area contributed by atoms with Gasteiger partial charge in [0.2, 0.25) is 10.0 Å². The maximum atomic E-state index is 12.4. The molecule has 0 radical (unpaired) electrons. The van der Waals surface area contributed by atoms with E-state index >= 15 is 0 Å². The summed E-state index contributed by atoms with van der Waals surface area (Å²) in [5, 5.41) is 0. The van der Waals surface area contributed by atoms with Gasteiger partial charge in [0.05, 0.1) is 5.69 Å². The molecule has 0 amide bonds. The summed E-state index contributed by atoms with van der Waals surface area (Å²) in [7, 11) is -3.56. The van der Waals surface area contributed by atoms with Crippen LogP contribution in [0, 0.1) is 19.8 Å². The molecular formula is C14H24N2O2S. The van der Waals surface area contributed by atoms with Crippen molar-refractivity contribution in [2.45, 2.75) is 52.0 Å². The zero-order valence-electron chi connectivity index (χ0n) is 12.3. The molecule has 0 saturated carbocycles. The quantitative estimate of drug-likeness (QED) is 0.816. The van der Waals surface area contributed by atoms with Gasteiger partial charge in [-0.1, -0.05) is 19.9 Å². The number of benzene rings is 1. The molecule has 0 fully saturated rings. The first-order chi connectivity index (χ1) is 8.65. The van der Waals surface area contributed by atoms with Crippen LogP contribution in [-0.2, 0) is 10.0 Å². The third-order valence-corrected chi connectivity index (χ3v) is 4.95. The highest BCUT2D eigenvalue weighted by Crippen LogP contribution is 2.25. The average molecular weight is 284 g/mol. The molecule has 19 heavy (non-hydrogen) atoms. The Kier molecular flexibility index (Phi) is 4.98. The molecule has 3 N–H and O–H groups in total. The summed E-state index contributed by atoms with van der Waals surface area (Å²) in [6.45, 7) is 9.67. The molecule has 0 bridgehead atoms. The molecule has 1 aromatic rings. The Morgan fingerprint density at radius 3 is 2.32 bits per heavy atom. The molecule has 4 nitrogen and oxygen atoms in total. The third-order valence-electron chi connectivity index (χ3n) is 3.16. The van der Waals surface area contributed by atoms with Crippen molar-refractivity contribution in [3.63, 3.8) is 0 Å². The molecule has 0 saturated heterocycles. The minimum atomic E-state index is -3.56. The van der Waals surface area contributed by atoms with Crippen LogP contribution in [0.25, 0.3) is 0 Å². The molecule has 1 rings (SSSR count). The Morgan fingerprint density at radius 2 is 1.79 bits per heavy atom. The normalized spacial score (nSPS) is 13.8. The van der Waals surface area contributed by atoms with Gasteiger partial charge in [-0.2, -0.15) is 0 Å². The minimum absolute atomic E-state index is 0.107. The molecule has 0 spiro atoms. The van der Waals surface area contributed by atoms with Crippen LogP contribution in [0.15, 0.2) is 17.0 Å². The molecule has 0 aliphatic rings. The van der Waals surface area contributed by atoms with E-state index in [0.717, 1.165) is 12.0 Å². The van der Waals surface area contributed by atoms with Crippen molar-refractivity contribution in [1.29, 1.82) is 0 Å². The fourth-order valence-corrected chi connectivity index (χ4v) is 3.93. The van der Waals surface area contributed by atoms with Crippen molar-refractivity contribution in [1.82, 2.24) is 4.72 Å². The Bertz CT molecular complexity index is 551. The number of hydrogen-bond donors (Lipinski definition) is 2. The van der Waals surface area contributed by atoms with E-state index in [9.17, 15) is 8.42 Å². The molecule has 0 aliphatic carbocycles. The minimum Gasteiger partial charge on any atom is -0.398 e. The number of nitrogens with two attached hydrogens (primary N) is 1. The molecule has 108 valence electrons. The molecule has 1 atom stereocenters. The van der Waals surface area contributed by atoms with E-state index in [1.807, 2.05) is 19.9 Å². The summed E-state index contributed by atoms with van der Waals surface area (Å²) in [4.78, 5) is 0.211. The molecule has 0 aromatic heterocycles. The molecule has 5 heteroatoms. The summed E-state index contributed by atoms with van der Waals surface area (Å²) >= 11 is 0. The molecule has 0 aliphatic heterocycles. The second-order valence-electron chi connectivity index (χ2n) is 5.58. The average Bonchev–Trinajstić information content (AvgIpc) is 2.21. The van der Waals surface area contributed by atoms with E-state index in [-0.39, 0.29) is 10.9 Å². The van der Waals surface area contributed by atoms with Gasteiger partial charge in [-0.25, -0.2) is 13.1 Å². The second-order valence-corrected chi connectivity index (χ2v) is 7.23. The Morgan fingerprint density at radius 1 is 1.21 bits per heavy atom. The van der Waals surface area contributed by atoms with Gasteiger partial charge in [-0.15, -0.1) is 0 Å². The lowest BCUT2D eigenvalue weighted by atomic mass is 10.1. The van der Waals surface area contributed by atoms with Crippen LogP contribution in [0.5, 0.6) is 0 Å². The SMILES string of the molecule is Cc1ccc(N)c(S(=O)(=O)NC(C)CC(C)C)c1C. The standard InChI is InChI=1S/C14H24N2O2S/c1-9(2)8-11(4)16-19(17,18)14-12(5)10(3)6-7-13(14)15/h6-7,9,11,16H,8,15H2,1-5H3. The number of hydrogen-bond acceptors (Lipinski definition) is 3. The summed E-state index contributed by atoms with van der Waals surface area (Å²) in [5.74, 6) is 0.439. The van der Waals surface area contributed by atoms with Crippen molar-refractivity contribution in [3.05, 3.63) is 23.3 Å². The van der Waals surface area contributed by atoms with E-state index in [4.69, 9.17) is 5.73 Å². The van der Waals surface area contributed by atoms with Crippen LogP contribution in [-0.4, -0.2) is 14.5 Å². The van der Waals surface area contributed by atoms with Crippen LogP contribution in [0.2, 0.25) is 0 Å². The lowest BCUT2D eigenvalue weighted by molar-refractivity contribution is 0.482. The van der Waals surface area contributed by atoms with Gasteiger partial charge >= 0.3 is 0 Å². The van der Waals surface area contributed by atoms with Gasteiger partial charge in [0.1, 0.15) is 4.90 Å². The highest BCUT2D eigenvalue weighted by Gasteiger charge is 2.23. The van der Waals surface area contributed by atoms with E-state index < -0.39 is 10.0 Å². The van der Waals surface area contributed by atoms with Crippen LogP contribution in [0.1, 0.15) is 38.3 Å². The first kappa shape index (κ1) is 16.0. The van der Waals surface area contributed by atoms with Gasteiger partial charge in [0.15, 0.2) is 0 Å². The lowest BCUT2D eigenvalue weighted by Crippen LogP contribution is -2.34. The molecule has 0 heterocycles. The van der Waals surface area contributed by atoms with Crippen LogP contribution >= 0.6 is 0 Å². The van der Waals surface area contributed by atoms with Gasteiger partial charge in [-0.05, 0) is 50.3 Å². The van der Waals surface area contributed by atoms with Crippen LogP contribution < -0.4 is 10.5 Å². The summed E-state index contributed by atoms with van der Waals surface area (Å²) < 4.78 is 27.6. The maximum absolute atomic E-state index is 12.4. The number of sulfonamides is 1. The van der Waals surface area contributed by atoms with Crippen molar-refractivity contribution in [3.8, 4) is 0 Å². The highest BCUT2D eigenvalue weighted by atomic mass is 32.2. The molecule has 1 aromatic carbocycles. The van der Waals surface area contributed by atoms with E-state index in [0.29, 0.717) is 17.2 Å². The van der Waals surface area contributed by atoms with Gasteiger partial charge in [0.25, 0.3) is 0 Å². The monoisotopic (exact) mass is 284 g/mol. The van der Waals surface area contributed by atoms with Crippen molar-refractivity contribution >= 4 is 15.7 Å². The first-order valence-electron chi connectivity index (χ1n) is 6.53. The predicted octanol–water partition coefficient (Wildman–Crippen LogP) is 2.60. The van der Waals surface area contributed by atoms with E-state index in [1.165, 1.54) is 0 Å². The number of anilines is 1. The third kappa shape index (κ3) is 3.94. The zero-order valence-corrected chi connectivity index (χ0v) is 13.1. The highest BCUT2D eigenvalue weighted by molar-refractivity contribution is 7.89. The fourth-order valence-electron chi connectivity index (χ4n) is 2.25. The smallest absolute Gasteiger partial charge is 0.243 e. The Hall–Kier alpha value is -1.07. The number of aryl methyl sites for hydroxylation is 1. The second kappa shape index (κ2) is 5.92. The summed E-state index contributed by atoms with van der Waals surface area (Å²) in [6.07, 6.45) is 0.796. The largest absolute Gasteiger partial charge is 0.398 e. The lowest BCUT2D eigenvalue weighted by Gasteiger charge is -2.18.